The Labute approximate surface area is 162 Å². The minimum atomic E-state index is -1.19. The molecular weight excluding hydrogens is 366 g/mol. The van der Waals surface area contributed by atoms with E-state index < -0.39 is 29.5 Å². The summed E-state index contributed by atoms with van der Waals surface area (Å²) in [4.78, 5) is 36.8. The quantitative estimate of drug-likeness (QED) is 0.716. The van der Waals surface area contributed by atoms with Crippen molar-refractivity contribution in [3.05, 3.63) is 70.3 Å². The van der Waals surface area contributed by atoms with E-state index in [9.17, 15) is 23.2 Å². The average molecular weight is 388 g/mol. The number of hydrogen-bond donors (Lipinski definition) is 2. The zero-order chi connectivity index (χ0) is 20.8. The van der Waals surface area contributed by atoms with Crippen LogP contribution in [0.15, 0.2) is 36.4 Å². The first-order chi connectivity index (χ1) is 13.2. The Morgan fingerprint density at radius 2 is 1.68 bits per heavy atom. The van der Waals surface area contributed by atoms with Crippen LogP contribution in [-0.4, -0.2) is 24.6 Å². The van der Waals surface area contributed by atoms with Gasteiger partial charge in [0.1, 0.15) is 6.04 Å². The number of halogens is 2. The van der Waals surface area contributed by atoms with Crippen LogP contribution in [0.3, 0.4) is 0 Å². The predicted octanol–water partition coefficient (Wildman–Crippen LogP) is 3.15. The smallest absolute Gasteiger partial charge is 0.246 e. The largest absolute Gasteiger partial charge is 0.357 e. The van der Waals surface area contributed by atoms with Gasteiger partial charge in [-0.05, 0) is 43.2 Å². The van der Waals surface area contributed by atoms with Gasteiger partial charge in [-0.1, -0.05) is 23.8 Å². The Hall–Kier alpha value is -3.09. The van der Waals surface area contributed by atoms with E-state index in [2.05, 4.69) is 10.6 Å². The van der Waals surface area contributed by atoms with Gasteiger partial charge in [-0.25, -0.2) is 8.78 Å². The van der Waals surface area contributed by atoms with E-state index in [1.165, 1.54) is 13.1 Å². The van der Waals surface area contributed by atoms with E-state index >= 15 is 0 Å². The van der Waals surface area contributed by atoms with Crippen LogP contribution in [0.4, 0.5) is 8.78 Å². The van der Waals surface area contributed by atoms with E-state index in [1.807, 2.05) is 26.0 Å². The maximum absolute atomic E-state index is 13.5. The summed E-state index contributed by atoms with van der Waals surface area (Å²) in [7, 11) is 1.37. The fourth-order valence-corrected chi connectivity index (χ4v) is 2.77. The second-order valence-electron chi connectivity index (χ2n) is 6.53. The minimum Gasteiger partial charge on any atom is -0.357 e. The number of rotatable bonds is 7. The van der Waals surface area contributed by atoms with Gasteiger partial charge >= 0.3 is 0 Å². The van der Waals surface area contributed by atoms with Crippen LogP contribution in [0.5, 0.6) is 0 Å². The van der Waals surface area contributed by atoms with Gasteiger partial charge in [0, 0.05) is 25.5 Å². The first kappa shape index (κ1) is 21.2. The third-order valence-electron chi connectivity index (χ3n) is 4.36. The second kappa shape index (κ2) is 9.21. The summed E-state index contributed by atoms with van der Waals surface area (Å²) >= 11 is 0. The first-order valence-electron chi connectivity index (χ1n) is 8.79. The first-order valence-corrected chi connectivity index (χ1v) is 8.79. The van der Waals surface area contributed by atoms with Crippen molar-refractivity contribution in [2.24, 2.45) is 0 Å². The summed E-state index contributed by atoms with van der Waals surface area (Å²) in [5.74, 6) is -3.48. The van der Waals surface area contributed by atoms with Crippen molar-refractivity contribution in [1.29, 1.82) is 0 Å². The van der Waals surface area contributed by atoms with Gasteiger partial charge in [-0.2, -0.15) is 0 Å². The number of carbonyl (C=O) groups is 3. The molecule has 0 saturated heterocycles. The minimum absolute atomic E-state index is 0.0334. The molecule has 2 aromatic rings. The Bertz CT molecular complexity index is 913. The SMILES string of the molecule is CNC(=O)C(NC(=O)CCC(=O)c1cc(C)ccc1C)c1ccc(F)c(F)c1. The number of hydrogen-bond acceptors (Lipinski definition) is 3. The van der Waals surface area contributed by atoms with Crippen LogP contribution in [0.2, 0.25) is 0 Å². The van der Waals surface area contributed by atoms with Crippen LogP contribution < -0.4 is 10.6 Å². The van der Waals surface area contributed by atoms with Gasteiger partial charge in [0.05, 0.1) is 0 Å². The normalized spacial score (nSPS) is 11.6. The van der Waals surface area contributed by atoms with Crippen LogP contribution in [0.1, 0.15) is 45.9 Å². The Kier molecular flexibility index (Phi) is 6.98. The molecule has 0 aromatic heterocycles. The van der Waals surface area contributed by atoms with Crippen molar-refractivity contribution in [2.75, 3.05) is 7.05 Å². The zero-order valence-electron chi connectivity index (χ0n) is 15.9. The van der Waals surface area contributed by atoms with Crippen molar-refractivity contribution in [1.82, 2.24) is 10.6 Å². The standard InChI is InChI=1S/C21H22F2N2O3/c1-12-4-5-13(2)15(10-12)18(26)8-9-19(27)25-20(21(28)24-3)14-6-7-16(22)17(23)11-14/h4-7,10-11,20H,8-9H2,1-3H3,(H,24,28)(H,25,27). The molecule has 148 valence electrons. The summed E-state index contributed by atoms with van der Waals surface area (Å²) in [5, 5.41) is 4.84. The van der Waals surface area contributed by atoms with Crippen molar-refractivity contribution in [2.45, 2.75) is 32.7 Å². The van der Waals surface area contributed by atoms with Crippen molar-refractivity contribution < 1.29 is 23.2 Å². The topological polar surface area (TPSA) is 75.3 Å². The van der Waals surface area contributed by atoms with E-state index in [-0.39, 0.29) is 24.2 Å². The molecule has 1 unspecified atom stereocenters. The van der Waals surface area contributed by atoms with Crippen molar-refractivity contribution in [3.8, 4) is 0 Å². The summed E-state index contributed by atoms with van der Waals surface area (Å²) in [6.45, 7) is 3.69. The summed E-state index contributed by atoms with van der Waals surface area (Å²) in [6.07, 6.45) is -0.169. The average Bonchev–Trinajstić information content (AvgIpc) is 2.67. The highest BCUT2D eigenvalue weighted by atomic mass is 19.2. The van der Waals surface area contributed by atoms with Gasteiger partial charge in [0.15, 0.2) is 17.4 Å². The molecule has 1 atom stereocenters. The van der Waals surface area contributed by atoms with Crippen LogP contribution in [0.25, 0.3) is 0 Å². The molecule has 0 radical (unpaired) electrons. The highest BCUT2D eigenvalue weighted by molar-refractivity contribution is 5.99. The van der Waals surface area contributed by atoms with Gasteiger partial charge in [-0.15, -0.1) is 0 Å². The van der Waals surface area contributed by atoms with E-state index in [4.69, 9.17) is 0 Å². The molecule has 2 aromatic carbocycles. The summed E-state index contributed by atoms with van der Waals surface area (Å²) in [6, 6.07) is 7.28. The molecule has 0 heterocycles. The fraction of sp³-hybridized carbons (Fsp3) is 0.286. The number of amides is 2. The zero-order valence-corrected chi connectivity index (χ0v) is 15.9. The lowest BCUT2D eigenvalue weighted by Crippen LogP contribution is -2.39. The van der Waals surface area contributed by atoms with Gasteiger partial charge in [-0.3, -0.25) is 14.4 Å². The highest BCUT2D eigenvalue weighted by Gasteiger charge is 2.23. The molecule has 2 rings (SSSR count). The number of Topliss-reactive ketones (excluding diaryl/α,β-unsaturated/α-hetero) is 1. The predicted molar refractivity (Wildman–Crippen MR) is 101 cm³/mol. The molecule has 7 heteroatoms. The lowest BCUT2D eigenvalue weighted by molar-refractivity contribution is -0.128. The molecule has 28 heavy (non-hydrogen) atoms. The number of benzene rings is 2. The molecule has 0 saturated carbocycles. The van der Waals surface area contributed by atoms with E-state index in [0.29, 0.717) is 5.56 Å². The monoisotopic (exact) mass is 388 g/mol. The molecule has 0 aliphatic carbocycles. The van der Waals surface area contributed by atoms with Gasteiger partial charge in [0.2, 0.25) is 11.8 Å². The van der Waals surface area contributed by atoms with Gasteiger partial charge in [0.25, 0.3) is 0 Å². The number of nitrogens with one attached hydrogen (secondary N) is 2. The Morgan fingerprint density at radius 3 is 2.32 bits per heavy atom. The Morgan fingerprint density at radius 1 is 0.964 bits per heavy atom. The molecule has 2 amide bonds. The molecule has 0 aliphatic rings. The summed E-state index contributed by atoms with van der Waals surface area (Å²) in [5.41, 5.74) is 2.42. The fourth-order valence-electron chi connectivity index (χ4n) is 2.77. The molecule has 0 aliphatic heterocycles. The van der Waals surface area contributed by atoms with E-state index in [1.54, 1.807) is 6.07 Å². The number of likely N-dealkylation sites (N-methyl/N-ethyl adjacent to an activating group) is 1. The third kappa shape index (κ3) is 5.22. The maximum Gasteiger partial charge on any atom is 0.246 e. The van der Waals surface area contributed by atoms with E-state index in [0.717, 1.165) is 23.3 Å². The highest BCUT2D eigenvalue weighted by Crippen LogP contribution is 2.18. The lowest BCUT2D eigenvalue weighted by Gasteiger charge is -2.18. The molecule has 5 nitrogen and oxygen atoms in total. The van der Waals surface area contributed by atoms with Crippen LogP contribution in [0, 0.1) is 25.5 Å². The molecule has 0 fully saturated rings. The Balaban J connectivity index is 2.07. The number of carbonyl (C=O) groups excluding carboxylic acids is 3. The number of aryl methyl sites for hydroxylation is 2. The van der Waals surface area contributed by atoms with Crippen LogP contribution in [-0.2, 0) is 9.59 Å². The van der Waals surface area contributed by atoms with Crippen molar-refractivity contribution in [3.63, 3.8) is 0 Å². The number of ketones is 1. The van der Waals surface area contributed by atoms with Crippen molar-refractivity contribution >= 4 is 17.6 Å². The maximum atomic E-state index is 13.5. The molecular formula is C21H22F2N2O3. The van der Waals surface area contributed by atoms with Gasteiger partial charge < -0.3 is 10.6 Å². The molecule has 0 spiro atoms. The van der Waals surface area contributed by atoms with Crippen LogP contribution >= 0.6 is 0 Å². The molecule has 2 N–H and O–H groups in total. The summed E-state index contributed by atoms with van der Waals surface area (Å²) < 4.78 is 26.6. The lowest BCUT2D eigenvalue weighted by atomic mass is 9.99. The molecule has 0 bridgehead atoms. The second-order valence-corrected chi connectivity index (χ2v) is 6.53. The third-order valence-corrected chi connectivity index (χ3v) is 4.36.